The summed E-state index contributed by atoms with van der Waals surface area (Å²) in [4.78, 5) is 14.3. The van der Waals surface area contributed by atoms with E-state index in [-0.39, 0.29) is 31.5 Å². The zero-order chi connectivity index (χ0) is 16.3. The summed E-state index contributed by atoms with van der Waals surface area (Å²) in [7, 11) is 0. The van der Waals surface area contributed by atoms with Gasteiger partial charge in [-0.3, -0.25) is 4.79 Å². The van der Waals surface area contributed by atoms with Gasteiger partial charge in [-0.25, -0.2) is 0 Å². The predicted octanol–water partition coefficient (Wildman–Crippen LogP) is 3.20. The average molecular weight is 308 g/mol. The molecule has 0 aromatic heterocycles. The van der Waals surface area contributed by atoms with Gasteiger partial charge in [0.2, 0.25) is 5.91 Å². The van der Waals surface area contributed by atoms with Crippen molar-refractivity contribution in [1.29, 1.82) is 0 Å². The third-order valence-corrected chi connectivity index (χ3v) is 4.31. The summed E-state index contributed by atoms with van der Waals surface area (Å²) in [6.07, 6.45) is -3.31. The van der Waals surface area contributed by atoms with E-state index in [4.69, 9.17) is 0 Å². The molecule has 0 aromatic carbocycles. The van der Waals surface area contributed by atoms with Crippen LogP contribution in [-0.2, 0) is 4.79 Å². The van der Waals surface area contributed by atoms with E-state index >= 15 is 0 Å². The van der Waals surface area contributed by atoms with Gasteiger partial charge in [0, 0.05) is 19.1 Å². The van der Waals surface area contributed by atoms with E-state index in [0.29, 0.717) is 19.4 Å². The summed E-state index contributed by atoms with van der Waals surface area (Å²) in [6, 6.07) is -0.125. The number of nitrogens with zero attached hydrogens (tertiary/aromatic N) is 1. The maximum atomic E-state index is 13.5. The normalized spacial score (nSPS) is 23.1. The third-order valence-electron chi connectivity index (χ3n) is 4.31. The second-order valence-corrected chi connectivity index (χ2v) is 6.33. The number of carbonyl (C=O) groups excluding carboxylic acids is 1. The van der Waals surface area contributed by atoms with E-state index in [1.807, 2.05) is 27.7 Å². The molecule has 1 saturated heterocycles. The molecule has 0 saturated carbocycles. The first kappa shape index (κ1) is 18.3. The van der Waals surface area contributed by atoms with E-state index in [2.05, 4.69) is 5.32 Å². The first-order chi connectivity index (χ1) is 9.69. The standard InChI is InChI=1S/C15H27F3N2O/c1-5-12(6-2)20(9-11(3)4)13(21)14(15(16,17)18)7-8-19-10-14/h11-12,19H,5-10H2,1-4H3. The molecule has 6 heteroatoms. The Kier molecular flexibility index (Phi) is 6.08. The molecular formula is C15H27F3N2O. The number of hydrogen-bond acceptors (Lipinski definition) is 2. The van der Waals surface area contributed by atoms with Crippen LogP contribution in [0.1, 0.15) is 47.0 Å². The molecule has 1 aliphatic rings. The number of amides is 1. The number of halogens is 3. The van der Waals surface area contributed by atoms with Gasteiger partial charge in [0.1, 0.15) is 0 Å². The minimum atomic E-state index is -4.51. The highest BCUT2D eigenvalue weighted by molar-refractivity contribution is 5.84. The fourth-order valence-corrected chi connectivity index (χ4v) is 3.03. The van der Waals surface area contributed by atoms with Gasteiger partial charge in [0.15, 0.2) is 5.41 Å². The molecule has 1 rings (SSSR count). The first-order valence-electron chi connectivity index (χ1n) is 7.78. The van der Waals surface area contributed by atoms with Crippen molar-refractivity contribution in [3.05, 3.63) is 0 Å². The monoisotopic (exact) mass is 308 g/mol. The molecule has 0 radical (unpaired) electrons. The second-order valence-electron chi connectivity index (χ2n) is 6.33. The van der Waals surface area contributed by atoms with E-state index in [0.717, 1.165) is 0 Å². The Balaban J connectivity index is 3.12. The number of hydrogen-bond donors (Lipinski definition) is 1. The van der Waals surface area contributed by atoms with Crippen LogP contribution >= 0.6 is 0 Å². The Hall–Kier alpha value is -0.780. The van der Waals surface area contributed by atoms with Crippen LogP contribution in [0.25, 0.3) is 0 Å². The van der Waals surface area contributed by atoms with Crippen molar-refractivity contribution in [2.75, 3.05) is 19.6 Å². The molecule has 0 aromatic rings. The lowest BCUT2D eigenvalue weighted by atomic mass is 9.83. The lowest BCUT2D eigenvalue weighted by Gasteiger charge is -2.39. The van der Waals surface area contributed by atoms with Gasteiger partial charge >= 0.3 is 6.18 Å². The summed E-state index contributed by atoms with van der Waals surface area (Å²) in [5, 5.41) is 2.72. The molecule has 1 atom stereocenters. The topological polar surface area (TPSA) is 32.3 Å². The number of nitrogens with one attached hydrogen (secondary N) is 1. The minimum Gasteiger partial charge on any atom is -0.339 e. The molecule has 3 nitrogen and oxygen atoms in total. The van der Waals surface area contributed by atoms with Gasteiger partial charge in [0.25, 0.3) is 0 Å². The van der Waals surface area contributed by atoms with Crippen LogP contribution in [0.2, 0.25) is 0 Å². The molecule has 124 valence electrons. The van der Waals surface area contributed by atoms with E-state index in [1.54, 1.807) is 0 Å². The van der Waals surface area contributed by atoms with Gasteiger partial charge in [0.05, 0.1) is 0 Å². The Bertz CT molecular complexity index is 345. The zero-order valence-electron chi connectivity index (χ0n) is 13.4. The number of rotatable bonds is 6. The highest BCUT2D eigenvalue weighted by atomic mass is 19.4. The molecule has 1 N–H and O–H groups in total. The van der Waals surface area contributed by atoms with Crippen LogP contribution in [0.5, 0.6) is 0 Å². The Morgan fingerprint density at radius 2 is 1.86 bits per heavy atom. The van der Waals surface area contributed by atoms with Gasteiger partial charge in [-0.05, 0) is 31.7 Å². The van der Waals surface area contributed by atoms with Gasteiger partial charge in [-0.2, -0.15) is 13.2 Å². The lowest BCUT2D eigenvalue weighted by Crippen LogP contribution is -2.56. The zero-order valence-corrected chi connectivity index (χ0v) is 13.4. The van der Waals surface area contributed by atoms with Crippen molar-refractivity contribution in [3.63, 3.8) is 0 Å². The van der Waals surface area contributed by atoms with Crippen LogP contribution in [0.4, 0.5) is 13.2 Å². The van der Waals surface area contributed by atoms with Crippen molar-refractivity contribution in [2.45, 2.75) is 59.2 Å². The molecule has 0 bridgehead atoms. The largest absolute Gasteiger partial charge is 0.404 e. The maximum absolute atomic E-state index is 13.5. The molecule has 0 aliphatic carbocycles. The third kappa shape index (κ3) is 3.71. The number of alkyl halides is 3. The molecular weight excluding hydrogens is 281 g/mol. The summed E-state index contributed by atoms with van der Waals surface area (Å²) in [5.74, 6) is -0.600. The number of carbonyl (C=O) groups is 1. The van der Waals surface area contributed by atoms with Crippen molar-refractivity contribution in [1.82, 2.24) is 10.2 Å². The summed E-state index contributed by atoms with van der Waals surface area (Å²) < 4.78 is 40.6. The maximum Gasteiger partial charge on any atom is 0.404 e. The van der Waals surface area contributed by atoms with Crippen LogP contribution in [0.15, 0.2) is 0 Å². The fraction of sp³-hybridized carbons (Fsp3) is 0.933. The Morgan fingerprint density at radius 1 is 1.29 bits per heavy atom. The van der Waals surface area contributed by atoms with Crippen LogP contribution in [0.3, 0.4) is 0 Å². The quantitative estimate of drug-likeness (QED) is 0.817. The summed E-state index contributed by atoms with van der Waals surface area (Å²) in [6.45, 7) is 8.01. The van der Waals surface area contributed by atoms with Crippen molar-refractivity contribution in [2.24, 2.45) is 11.3 Å². The van der Waals surface area contributed by atoms with Gasteiger partial charge < -0.3 is 10.2 Å². The Morgan fingerprint density at radius 3 is 2.19 bits per heavy atom. The smallest absolute Gasteiger partial charge is 0.339 e. The average Bonchev–Trinajstić information content (AvgIpc) is 2.87. The van der Waals surface area contributed by atoms with E-state index in [9.17, 15) is 18.0 Å². The second kappa shape index (κ2) is 6.99. The van der Waals surface area contributed by atoms with Crippen LogP contribution in [-0.4, -0.2) is 42.7 Å². The van der Waals surface area contributed by atoms with Crippen LogP contribution in [0, 0.1) is 11.3 Å². The van der Waals surface area contributed by atoms with E-state index < -0.39 is 17.5 Å². The van der Waals surface area contributed by atoms with Crippen molar-refractivity contribution < 1.29 is 18.0 Å². The molecule has 21 heavy (non-hydrogen) atoms. The first-order valence-corrected chi connectivity index (χ1v) is 7.78. The minimum absolute atomic E-state index is 0.125. The molecule has 1 unspecified atom stereocenters. The molecule has 0 spiro atoms. The Labute approximate surface area is 125 Å². The van der Waals surface area contributed by atoms with Crippen LogP contribution < -0.4 is 5.32 Å². The fourth-order valence-electron chi connectivity index (χ4n) is 3.03. The predicted molar refractivity (Wildman–Crippen MR) is 76.9 cm³/mol. The summed E-state index contributed by atoms with van der Waals surface area (Å²) >= 11 is 0. The highest BCUT2D eigenvalue weighted by Crippen LogP contribution is 2.45. The lowest BCUT2D eigenvalue weighted by molar-refractivity contribution is -0.223. The highest BCUT2D eigenvalue weighted by Gasteiger charge is 2.62. The SMILES string of the molecule is CCC(CC)N(CC(C)C)C(=O)C1(C(F)(F)F)CCNC1. The molecule has 1 aliphatic heterocycles. The molecule has 1 fully saturated rings. The van der Waals surface area contributed by atoms with E-state index in [1.165, 1.54) is 4.90 Å². The van der Waals surface area contributed by atoms with Crippen molar-refractivity contribution >= 4 is 5.91 Å². The molecule has 1 amide bonds. The van der Waals surface area contributed by atoms with Gasteiger partial charge in [-0.15, -0.1) is 0 Å². The van der Waals surface area contributed by atoms with Gasteiger partial charge in [-0.1, -0.05) is 27.7 Å². The molecule has 1 heterocycles. The summed E-state index contributed by atoms with van der Waals surface area (Å²) in [5.41, 5.74) is -2.25. The van der Waals surface area contributed by atoms with Crippen molar-refractivity contribution in [3.8, 4) is 0 Å².